The lowest BCUT2D eigenvalue weighted by atomic mass is 10.2. The van der Waals surface area contributed by atoms with Crippen molar-refractivity contribution in [3.8, 4) is 5.75 Å². The van der Waals surface area contributed by atoms with Crippen molar-refractivity contribution in [3.05, 3.63) is 58.1 Å². The number of methoxy groups -OCH3 is 1. The molecule has 0 heterocycles. The molecular weight excluding hydrogens is 341 g/mol. The molecule has 3 nitrogen and oxygen atoms in total. The number of carbonyl (C=O) groups excluding carboxylic acids is 1. The van der Waals surface area contributed by atoms with Crippen LogP contribution in [-0.2, 0) is 0 Å². The van der Waals surface area contributed by atoms with Crippen LogP contribution in [0.2, 0.25) is 10.0 Å². The van der Waals surface area contributed by atoms with E-state index in [0.717, 1.165) is 5.75 Å². The Labute approximate surface area is 144 Å². The minimum atomic E-state index is -0.208. The van der Waals surface area contributed by atoms with Gasteiger partial charge in [0.25, 0.3) is 5.91 Å². The van der Waals surface area contributed by atoms with Gasteiger partial charge >= 0.3 is 0 Å². The van der Waals surface area contributed by atoms with Crippen molar-refractivity contribution >= 4 is 40.9 Å². The molecule has 0 aromatic heterocycles. The quantitative estimate of drug-likeness (QED) is 0.611. The molecule has 116 valence electrons. The second kappa shape index (κ2) is 8.32. The number of ether oxygens (including phenoxy) is 1. The summed E-state index contributed by atoms with van der Waals surface area (Å²) < 4.78 is 5.06. The fourth-order valence-corrected chi connectivity index (χ4v) is 3.27. The molecule has 6 heteroatoms. The van der Waals surface area contributed by atoms with Gasteiger partial charge in [-0.05, 0) is 24.3 Å². The molecule has 0 aliphatic heterocycles. The van der Waals surface area contributed by atoms with E-state index in [1.165, 1.54) is 12.0 Å². The fraction of sp³-hybridized carbons (Fsp3) is 0.188. The number of hydrogen-bond acceptors (Lipinski definition) is 3. The van der Waals surface area contributed by atoms with Crippen LogP contribution >= 0.6 is 35.0 Å². The SMILES string of the molecule is COc1c(Cl)cc(C(=O)NCCSc2ccccc2)cc1Cl. The van der Waals surface area contributed by atoms with Gasteiger partial charge < -0.3 is 10.1 Å². The van der Waals surface area contributed by atoms with Gasteiger partial charge in [-0.25, -0.2) is 0 Å². The van der Waals surface area contributed by atoms with Crippen LogP contribution in [0.3, 0.4) is 0 Å². The van der Waals surface area contributed by atoms with E-state index in [1.807, 2.05) is 30.3 Å². The summed E-state index contributed by atoms with van der Waals surface area (Å²) in [5.74, 6) is 0.951. The molecule has 0 spiro atoms. The molecule has 2 aromatic carbocycles. The smallest absolute Gasteiger partial charge is 0.251 e. The van der Waals surface area contributed by atoms with Crippen molar-refractivity contribution in [3.63, 3.8) is 0 Å². The monoisotopic (exact) mass is 355 g/mol. The highest BCUT2D eigenvalue weighted by Crippen LogP contribution is 2.33. The number of hydrogen-bond donors (Lipinski definition) is 1. The van der Waals surface area contributed by atoms with Crippen LogP contribution in [0, 0.1) is 0 Å². The molecule has 22 heavy (non-hydrogen) atoms. The highest BCUT2D eigenvalue weighted by molar-refractivity contribution is 7.99. The first kappa shape index (κ1) is 17.0. The van der Waals surface area contributed by atoms with Crippen LogP contribution < -0.4 is 10.1 Å². The summed E-state index contributed by atoms with van der Waals surface area (Å²) >= 11 is 13.7. The molecule has 0 bridgehead atoms. The second-order valence-electron chi connectivity index (χ2n) is 4.39. The normalized spacial score (nSPS) is 10.3. The molecule has 0 fully saturated rings. The van der Waals surface area contributed by atoms with Gasteiger partial charge in [-0.2, -0.15) is 0 Å². The molecule has 0 atom stereocenters. The highest BCUT2D eigenvalue weighted by Gasteiger charge is 2.13. The summed E-state index contributed by atoms with van der Waals surface area (Å²) in [6.07, 6.45) is 0. The molecular formula is C16H15Cl2NO2S. The van der Waals surface area contributed by atoms with E-state index in [1.54, 1.807) is 23.9 Å². The third kappa shape index (κ3) is 4.57. The van der Waals surface area contributed by atoms with Gasteiger partial charge in [-0.15, -0.1) is 11.8 Å². The molecule has 0 aliphatic carbocycles. The van der Waals surface area contributed by atoms with E-state index >= 15 is 0 Å². The fourth-order valence-electron chi connectivity index (χ4n) is 1.84. The maximum Gasteiger partial charge on any atom is 0.251 e. The van der Waals surface area contributed by atoms with Crippen LogP contribution in [0.25, 0.3) is 0 Å². The molecule has 0 unspecified atom stereocenters. The van der Waals surface area contributed by atoms with Crippen LogP contribution in [0.1, 0.15) is 10.4 Å². The maximum absolute atomic E-state index is 12.1. The topological polar surface area (TPSA) is 38.3 Å². The summed E-state index contributed by atoms with van der Waals surface area (Å²) in [4.78, 5) is 13.3. The Hall–Kier alpha value is -1.36. The van der Waals surface area contributed by atoms with Gasteiger partial charge in [-0.3, -0.25) is 4.79 Å². The van der Waals surface area contributed by atoms with Gasteiger partial charge in [0.1, 0.15) is 0 Å². The second-order valence-corrected chi connectivity index (χ2v) is 6.37. The van der Waals surface area contributed by atoms with Gasteiger partial charge in [0.2, 0.25) is 0 Å². The first-order valence-corrected chi connectivity index (χ1v) is 8.35. The zero-order valence-electron chi connectivity index (χ0n) is 11.9. The summed E-state index contributed by atoms with van der Waals surface area (Å²) in [7, 11) is 1.48. The number of halogens is 2. The third-order valence-electron chi connectivity index (χ3n) is 2.86. The molecule has 0 saturated carbocycles. The predicted octanol–water partition coefficient (Wildman–Crippen LogP) is 4.52. The Morgan fingerprint density at radius 3 is 2.41 bits per heavy atom. The first-order valence-electron chi connectivity index (χ1n) is 6.61. The number of nitrogens with one attached hydrogen (secondary N) is 1. The van der Waals surface area contributed by atoms with E-state index in [-0.39, 0.29) is 5.91 Å². The number of carbonyl (C=O) groups is 1. The van der Waals surface area contributed by atoms with Crippen molar-refractivity contribution in [1.82, 2.24) is 5.32 Å². The number of thioether (sulfide) groups is 1. The largest absolute Gasteiger partial charge is 0.494 e. The molecule has 2 rings (SSSR count). The number of amides is 1. The lowest BCUT2D eigenvalue weighted by Crippen LogP contribution is -2.25. The minimum Gasteiger partial charge on any atom is -0.494 e. The van der Waals surface area contributed by atoms with Crippen LogP contribution in [-0.4, -0.2) is 25.3 Å². The first-order chi connectivity index (χ1) is 10.6. The average molecular weight is 356 g/mol. The highest BCUT2D eigenvalue weighted by atomic mass is 35.5. The van der Waals surface area contributed by atoms with E-state index < -0.39 is 0 Å². The average Bonchev–Trinajstić information content (AvgIpc) is 2.52. The zero-order chi connectivity index (χ0) is 15.9. The van der Waals surface area contributed by atoms with Crippen LogP contribution in [0.4, 0.5) is 0 Å². The Kier molecular flexibility index (Phi) is 6.43. The van der Waals surface area contributed by atoms with E-state index in [2.05, 4.69) is 5.32 Å². The van der Waals surface area contributed by atoms with Crippen LogP contribution in [0.5, 0.6) is 5.75 Å². The van der Waals surface area contributed by atoms with E-state index in [9.17, 15) is 4.79 Å². The van der Waals surface area contributed by atoms with E-state index in [0.29, 0.717) is 27.9 Å². The Morgan fingerprint density at radius 2 is 1.82 bits per heavy atom. The number of rotatable bonds is 6. The minimum absolute atomic E-state index is 0.208. The van der Waals surface area contributed by atoms with Crippen molar-refractivity contribution in [1.29, 1.82) is 0 Å². The molecule has 2 aromatic rings. The number of benzene rings is 2. The Bertz CT molecular complexity index is 627. The van der Waals surface area contributed by atoms with Gasteiger partial charge in [0.05, 0.1) is 17.2 Å². The third-order valence-corrected chi connectivity index (χ3v) is 4.44. The van der Waals surface area contributed by atoms with Crippen molar-refractivity contribution in [2.75, 3.05) is 19.4 Å². The van der Waals surface area contributed by atoms with Crippen molar-refractivity contribution in [2.24, 2.45) is 0 Å². The summed E-state index contributed by atoms with van der Waals surface area (Å²) in [5, 5.41) is 3.48. The molecule has 0 saturated heterocycles. The summed E-state index contributed by atoms with van der Waals surface area (Å²) in [5.41, 5.74) is 0.417. The molecule has 0 radical (unpaired) electrons. The summed E-state index contributed by atoms with van der Waals surface area (Å²) in [6, 6.07) is 13.1. The zero-order valence-corrected chi connectivity index (χ0v) is 14.3. The van der Waals surface area contributed by atoms with Crippen molar-refractivity contribution < 1.29 is 9.53 Å². The lowest BCUT2D eigenvalue weighted by molar-refractivity contribution is 0.0956. The maximum atomic E-state index is 12.1. The van der Waals surface area contributed by atoms with Crippen molar-refractivity contribution in [2.45, 2.75) is 4.90 Å². The summed E-state index contributed by atoms with van der Waals surface area (Å²) in [6.45, 7) is 0.555. The standard InChI is InChI=1S/C16H15Cl2NO2S/c1-21-15-13(17)9-11(10-14(15)18)16(20)19-7-8-22-12-5-3-2-4-6-12/h2-6,9-10H,7-8H2,1H3,(H,19,20). The molecule has 0 aliphatic rings. The van der Waals surface area contributed by atoms with E-state index in [4.69, 9.17) is 27.9 Å². The van der Waals surface area contributed by atoms with Gasteiger partial charge in [0, 0.05) is 22.8 Å². The molecule has 1 amide bonds. The Balaban J connectivity index is 1.87. The van der Waals surface area contributed by atoms with Gasteiger partial charge in [0.15, 0.2) is 5.75 Å². The predicted molar refractivity (Wildman–Crippen MR) is 92.5 cm³/mol. The Morgan fingerprint density at radius 1 is 1.18 bits per heavy atom. The van der Waals surface area contributed by atoms with Crippen LogP contribution in [0.15, 0.2) is 47.4 Å². The lowest BCUT2D eigenvalue weighted by Gasteiger charge is -2.09. The van der Waals surface area contributed by atoms with Gasteiger partial charge in [-0.1, -0.05) is 41.4 Å². The molecule has 1 N–H and O–H groups in total.